The Balaban J connectivity index is 1.56. The average Bonchev–Trinajstić information content (AvgIpc) is 4.13. The molecule has 7 aromatic rings. The second-order valence-corrected chi connectivity index (χ2v) is 28.4. The Hall–Kier alpha value is -6.19. The molecule has 0 radical (unpaired) electrons. The zero-order valence-corrected chi connectivity index (χ0v) is 49.7. The van der Waals surface area contributed by atoms with E-state index in [0.29, 0.717) is 22.3 Å². The fourth-order valence-corrected chi connectivity index (χ4v) is 10.4. The van der Waals surface area contributed by atoms with Crippen molar-refractivity contribution in [2.75, 3.05) is 0 Å². The monoisotopic (exact) mass is 1110 g/mol. The summed E-state index contributed by atoms with van der Waals surface area (Å²) in [5.41, 5.74) is 17.5. The lowest BCUT2D eigenvalue weighted by Crippen LogP contribution is -2.17. The van der Waals surface area contributed by atoms with Crippen LogP contribution in [0.4, 0.5) is 0 Å². The highest BCUT2D eigenvalue weighted by atomic mass is 127. The molecule has 5 heterocycles. The van der Waals surface area contributed by atoms with E-state index < -0.39 is 11.6 Å². The molecule has 386 valence electrons. The Bertz CT molecular complexity index is 3590. The molecule has 6 nitrogen and oxygen atoms in total. The normalized spacial score (nSPS) is 13.8. The highest BCUT2D eigenvalue weighted by molar-refractivity contribution is 14.1. The lowest BCUT2D eigenvalue weighted by molar-refractivity contribution is 0.0826. The minimum Gasteiger partial charge on any atom is -0.354 e. The van der Waals surface area contributed by atoms with Crippen molar-refractivity contribution < 1.29 is 9.59 Å². The van der Waals surface area contributed by atoms with Crippen LogP contribution in [-0.4, -0.2) is 31.5 Å². The number of aromatic amines is 2. The molecule has 7 heteroatoms. The summed E-state index contributed by atoms with van der Waals surface area (Å²) in [5, 5.41) is 0. The molecule has 9 rings (SSSR count). The maximum atomic E-state index is 15.2. The minimum atomic E-state index is -0.661. The smallest absolute Gasteiger partial charge is 0.254 e. The quantitative estimate of drug-likeness (QED) is 0.136. The zero-order valence-electron chi connectivity index (χ0n) is 47.6. The Morgan fingerprint density at radius 2 is 0.627 bits per heavy atom. The van der Waals surface area contributed by atoms with Crippen molar-refractivity contribution in [1.82, 2.24) is 19.9 Å². The number of hydrogen-bond acceptors (Lipinski definition) is 4. The minimum absolute atomic E-state index is 0.0784. The molecule has 0 atom stereocenters. The topological polar surface area (TPSA) is 91.5 Å². The second kappa shape index (κ2) is 18.5. The molecule has 2 aliphatic rings. The summed E-state index contributed by atoms with van der Waals surface area (Å²) >= 11 is 2.30. The van der Waals surface area contributed by atoms with Gasteiger partial charge in [0.15, 0.2) is 0 Å². The van der Waals surface area contributed by atoms with Gasteiger partial charge < -0.3 is 9.97 Å². The van der Waals surface area contributed by atoms with Crippen molar-refractivity contribution >= 4 is 68.4 Å². The number of aromatic nitrogens is 4. The van der Waals surface area contributed by atoms with E-state index in [9.17, 15) is 0 Å². The van der Waals surface area contributed by atoms with E-state index in [0.717, 1.165) is 70.3 Å². The Labute approximate surface area is 459 Å². The SMILES string of the molecule is CC(C)(C)c1cc(-c2c3nc(c(-c4ccc(I)cc4)c4nc(c(-c5cc(C(C)(C)C)cc(C(C)(C)C)c5)c5ccc([nH]5)c(-c5cc(C(C)(C)C)cc(C(C)(C)C)c5)c5ccc2[nH]5)C(=O)C4=O)C=C3)cc(C(C)(C)C)c1. The summed E-state index contributed by atoms with van der Waals surface area (Å²) in [7, 11) is 0. The van der Waals surface area contributed by atoms with Crippen LogP contribution < -0.4 is 0 Å². The molecule has 0 spiro atoms. The number of benzene rings is 4. The molecular weight excluding hydrogens is 1030 g/mol. The predicted octanol–water partition coefficient (Wildman–Crippen LogP) is 18.6. The summed E-state index contributed by atoms with van der Waals surface area (Å²) in [5.74, 6) is -1.31. The largest absolute Gasteiger partial charge is 0.354 e. The molecule has 4 aromatic carbocycles. The van der Waals surface area contributed by atoms with Gasteiger partial charge in [0.2, 0.25) is 0 Å². The number of carbonyl (C=O) groups is 2. The molecule has 3 aromatic heterocycles. The van der Waals surface area contributed by atoms with Crippen molar-refractivity contribution in [1.29, 1.82) is 0 Å². The fourth-order valence-electron chi connectivity index (χ4n) is 10.0. The molecule has 2 N–H and O–H groups in total. The van der Waals surface area contributed by atoms with Gasteiger partial charge in [-0.25, -0.2) is 9.97 Å². The number of rotatable bonds is 4. The maximum absolute atomic E-state index is 15.2. The first kappa shape index (κ1) is 53.6. The number of carbonyl (C=O) groups excluding carboxylic acids is 2. The van der Waals surface area contributed by atoms with E-state index in [1.807, 2.05) is 30.3 Å². The number of halogens is 1. The van der Waals surface area contributed by atoms with Crippen molar-refractivity contribution in [3.8, 4) is 44.5 Å². The van der Waals surface area contributed by atoms with Gasteiger partial charge in [0, 0.05) is 47.9 Å². The van der Waals surface area contributed by atoms with Crippen molar-refractivity contribution in [3.63, 3.8) is 0 Å². The first-order chi connectivity index (χ1) is 34.7. The molecule has 0 saturated carbocycles. The molecule has 0 unspecified atom stereocenters. The van der Waals surface area contributed by atoms with Gasteiger partial charge >= 0.3 is 0 Å². The highest BCUT2D eigenvalue weighted by Gasteiger charge is 2.36. The first-order valence-corrected chi connectivity index (χ1v) is 27.6. The van der Waals surface area contributed by atoms with Gasteiger partial charge in [-0.1, -0.05) is 191 Å². The van der Waals surface area contributed by atoms with E-state index >= 15 is 9.59 Å². The molecule has 75 heavy (non-hydrogen) atoms. The predicted molar refractivity (Wildman–Crippen MR) is 325 cm³/mol. The molecule has 0 aliphatic carbocycles. The van der Waals surface area contributed by atoms with Crippen LogP contribution in [0.3, 0.4) is 0 Å². The van der Waals surface area contributed by atoms with Crippen molar-refractivity contribution in [2.24, 2.45) is 0 Å². The second-order valence-electron chi connectivity index (χ2n) is 27.2. The summed E-state index contributed by atoms with van der Waals surface area (Å²) in [4.78, 5) is 49.0. The average molecular weight is 1110 g/mol. The molecular formula is C68H75IN4O2. The van der Waals surface area contributed by atoms with Crippen LogP contribution >= 0.6 is 22.6 Å². The number of nitrogens with zero attached hydrogens (tertiary/aromatic N) is 2. The standard InChI is InChI=1S/C68H75IN4O2/c1-63(2,3)42-29-39(30-43(35-42)64(4,5)6)55-49-23-24-50(70-49)56(40-31-44(65(7,8)9)36-45(32-40)66(10,11)12)52-26-28-54(72-52)58(41-33-46(67(13,14)15)37-47(34-41)68(16,17)18)60-62(75)61(74)59(73-60)57(53-27-25-51(55)71-53)38-19-21-48(69)22-20-38/h19-37,70,72H,1-18H3. The van der Waals surface area contributed by atoms with Crippen LogP contribution in [0, 0.1) is 3.57 Å². The number of Topliss-reactive ketones (excluding diaryl/α,β-unsaturated/α-hetero) is 2. The van der Waals surface area contributed by atoms with Crippen LogP contribution in [-0.2, 0) is 32.5 Å². The van der Waals surface area contributed by atoms with Gasteiger partial charge in [-0.05, 0) is 159 Å². The van der Waals surface area contributed by atoms with E-state index in [4.69, 9.17) is 9.97 Å². The number of ketones is 2. The van der Waals surface area contributed by atoms with Crippen molar-refractivity contribution in [2.45, 2.75) is 157 Å². The van der Waals surface area contributed by atoms with Crippen LogP contribution in [0.1, 0.15) is 190 Å². The lowest BCUT2D eigenvalue weighted by Gasteiger charge is -2.26. The third kappa shape index (κ3) is 10.6. The summed E-state index contributed by atoms with van der Waals surface area (Å²) < 4.78 is 1.04. The fraction of sp³-hybridized carbons (Fsp3) is 0.353. The lowest BCUT2D eigenvalue weighted by atomic mass is 9.78. The summed E-state index contributed by atoms with van der Waals surface area (Å²) in [6.45, 7) is 40.5. The van der Waals surface area contributed by atoms with Crippen LogP contribution in [0.2, 0.25) is 0 Å². The van der Waals surface area contributed by atoms with Crippen LogP contribution in [0.15, 0.2) is 103 Å². The molecule has 0 amide bonds. The van der Waals surface area contributed by atoms with Gasteiger partial charge in [0.25, 0.3) is 11.6 Å². The number of fused-ring (bicyclic) bond motifs is 8. The van der Waals surface area contributed by atoms with Crippen molar-refractivity contribution in [3.05, 3.63) is 163 Å². The van der Waals surface area contributed by atoms with E-state index in [-0.39, 0.29) is 43.9 Å². The van der Waals surface area contributed by atoms with Gasteiger partial charge in [-0.3, -0.25) is 9.59 Å². The zero-order chi connectivity index (χ0) is 54.7. The Morgan fingerprint density at radius 1 is 0.333 bits per heavy atom. The Kier molecular flexibility index (Phi) is 13.2. The molecule has 0 saturated heterocycles. The molecule has 2 aliphatic heterocycles. The number of hydrogen-bond donors (Lipinski definition) is 2. The van der Waals surface area contributed by atoms with Gasteiger partial charge in [0.05, 0.1) is 11.4 Å². The van der Waals surface area contributed by atoms with Crippen LogP contribution in [0.5, 0.6) is 0 Å². The van der Waals surface area contributed by atoms with Gasteiger partial charge in [-0.2, -0.15) is 0 Å². The molecule has 8 bridgehead atoms. The van der Waals surface area contributed by atoms with E-state index in [1.54, 1.807) is 0 Å². The third-order valence-corrected chi connectivity index (χ3v) is 15.6. The molecule has 0 fully saturated rings. The summed E-state index contributed by atoms with van der Waals surface area (Å²) in [6.07, 6.45) is 4.03. The maximum Gasteiger partial charge on any atom is 0.254 e. The van der Waals surface area contributed by atoms with Gasteiger partial charge in [-0.15, -0.1) is 0 Å². The van der Waals surface area contributed by atoms with E-state index in [1.165, 1.54) is 22.3 Å². The Morgan fingerprint density at radius 3 is 0.987 bits per heavy atom. The highest BCUT2D eigenvalue weighted by Crippen LogP contribution is 2.44. The first-order valence-electron chi connectivity index (χ1n) is 26.5. The summed E-state index contributed by atoms with van der Waals surface area (Å²) in [6, 6.07) is 37.2. The number of H-pyrrole nitrogens is 2. The number of nitrogens with one attached hydrogen (secondary N) is 2. The van der Waals surface area contributed by atoms with E-state index in [2.05, 4.69) is 242 Å². The van der Waals surface area contributed by atoms with Gasteiger partial charge in [0.1, 0.15) is 11.4 Å². The third-order valence-electron chi connectivity index (χ3n) is 14.9. The van der Waals surface area contributed by atoms with Crippen LogP contribution in [0.25, 0.3) is 78.7 Å².